The maximum absolute atomic E-state index is 12.5. The Morgan fingerprint density at radius 2 is 2.09 bits per heavy atom. The van der Waals surface area contributed by atoms with Gasteiger partial charge in [0.05, 0.1) is 10.7 Å². The van der Waals surface area contributed by atoms with Gasteiger partial charge in [-0.3, -0.25) is 4.79 Å². The van der Waals surface area contributed by atoms with Gasteiger partial charge < -0.3 is 14.5 Å². The van der Waals surface area contributed by atoms with Gasteiger partial charge in [-0.25, -0.2) is 9.97 Å². The second-order valence-electron chi connectivity index (χ2n) is 8.21. The van der Waals surface area contributed by atoms with Gasteiger partial charge in [0.1, 0.15) is 17.5 Å². The van der Waals surface area contributed by atoms with Gasteiger partial charge in [0.25, 0.3) is 5.91 Å². The fourth-order valence-corrected chi connectivity index (χ4v) is 5.36. The standard InChI is InChI=1S/C24H21ClN6O3S/c25-18-4-2-1-3-17(18)21-11-19(30-34-21)20-14-35-23(29-20)15-6-9-31(10-7-15)22(32)13-33-24-27-8-5-16(12-26)28-24/h1-5,8,14-15,21H,6-7,9-11,13H2. The maximum atomic E-state index is 12.5. The number of halogens is 1. The maximum Gasteiger partial charge on any atom is 0.318 e. The van der Waals surface area contributed by atoms with Gasteiger partial charge in [0, 0.05) is 47.6 Å². The fraction of sp³-hybridized carbons (Fsp3) is 0.333. The average molecular weight is 509 g/mol. The molecule has 4 heterocycles. The molecular weight excluding hydrogens is 488 g/mol. The average Bonchev–Trinajstić information content (AvgIpc) is 3.58. The smallest absolute Gasteiger partial charge is 0.318 e. The van der Waals surface area contributed by atoms with E-state index < -0.39 is 0 Å². The summed E-state index contributed by atoms with van der Waals surface area (Å²) in [4.78, 5) is 32.7. The molecule has 11 heteroatoms. The molecule has 0 aliphatic carbocycles. The lowest BCUT2D eigenvalue weighted by Gasteiger charge is -2.31. The molecule has 9 nitrogen and oxygen atoms in total. The number of nitrogens with zero attached hydrogens (tertiary/aromatic N) is 6. The molecule has 0 radical (unpaired) electrons. The van der Waals surface area contributed by atoms with Crippen molar-refractivity contribution in [3.63, 3.8) is 0 Å². The first-order chi connectivity index (χ1) is 17.1. The molecule has 1 saturated heterocycles. The van der Waals surface area contributed by atoms with Gasteiger partial charge >= 0.3 is 6.01 Å². The molecule has 1 unspecified atom stereocenters. The first-order valence-corrected chi connectivity index (χ1v) is 12.4. The molecule has 0 N–H and O–H groups in total. The monoisotopic (exact) mass is 508 g/mol. The Balaban J connectivity index is 1.12. The highest BCUT2D eigenvalue weighted by atomic mass is 35.5. The molecule has 0 spiro atoms. The number of carbonyl (C=O) groups is 1. The second kappa shape index (κ2) is 10.4. The number of nitriles is 1. The molecule has 178 valence electrons. The van der Waals surface area contributed by atoms with Crippen LogP contribution in [0.4, 0.5) is 0 Å². The number of ether oxygens (including phenoxy) is 1. The SMILES string of the molecule is N#Cc1ccnc(OCC(=O)N2CCC(c3nc(C4=NOC(c5ccccc5Cl)C4)cs3)CC2)n1. The van der Waals surface area contributed by atoms with Crippen LogP contribution < -0.4 is 4.74 Å². The van der Waals surface area contributed by atoms with Crippen LogP contribution in [0.5, 0.6) is 6.01 Å². The van der Waals surface area contributed by atoms with Crippen LogP contribution in [0.15, 0.2) is 47.1 Å². The van der Waals surface area contributed by atoms with Crippen LogP contribution in [0.3, 0.4) is 0 Å². The molecular formula is C24H21ClN6O3S. The van der Waals surface area contributed by atoms with Crippen LogP contribution in [0.25, 0.3) is 0 Å². The van der Waals surface area contributed by atoms with E-state index in [1.54, 1.807) is 16.2 Å². The Morgan fingerprint density at radius 3 is 2.89 bits per heavy atom. The number of aromatic nitrogens is 3. The topological polar surface area (TPSA) is 114 Å². The fourth-order valence-electron chi connectivity index (χ4n) is 4.11. The summed E-state index contributed by atoms with van der Waals surface area (Å²) >= 11 is 7.92. The highest BCUT2D eigenvalue weighted by molar-refractivity contribution is 7.10. The number of likely N-dealkylation sites (tertiary alicyclic amines) is 1. The minimum atomic E-state index is -0.201. The molecule has 2 aromatic heterocycles. The Bertz CT molecular complexity index is 1300. The van der Waals surface area contributed by atoms with Gasteiger partial charge in [-0.15, -0.1) is 11.3 Å². The quantitative estimate of drug-likeness (QED) is 0.492. The van der Waals surface area contributed by atoms with Crippen molar-refractivity contribution in [2.75, 3.05) is 19.7 Å². The summed E-state index contributed by atoms with van der Waals surface area (Å²) in [6.45, 7) is 1.09. The summed E-state index contributed by atoms with van der Waals surface area (Å²) in [7, 11) is 0. The molecule has 1 aromatic carbocycles. The third kappa shape index (κ3) is 5.26. The minimum absolute atomic E-state index is 0.0261. The van der Waals surface area contributed by atoms with Crippen LogP contribution >= 0.6 is 22.9 Å². The van der Waals surface area contributed by atoms with E-state index in [1.807, 2.05) is 35.7 Å². The zero-order chi connectivity index (χ0) is 24.2. The van der Waals surface area contributed by atoms with Crippen LogP contribution in [-0.2, 0) is 9.63 Å². The molecule has 2 aliphatic rings. The van der Waals surface area contributed by atoms with Gasteiger partial charge in [-0.1, -0.05) is 35.0 Å². The van der Waals surface area contributed by atoms with Crippen LogP contribution in [0.2, 0.25) is 5.02 Å². The molecule has 5 rings (SSSR count). The number of piperidine rings is 1. The van der Waals surface area contributed by atoms with Gasteiger partial charge in [-0.2, -0.15) is 10.2 Å². The summed E-state index contributed by atoms with van der Waals surface area (Å²) in [6.07, 6.45) is 3.50. The second-order valence-corrected chi connectivity index (χ2v) is 9.51. The van der Waals surface area contributed by atoms with E-state index in [4.69, 9.17) is 31.4 Å². The first-order valence-electron chi connectivity index (χ1n) is 11.2. The van der Waals surface area contributed by atoms with E-state index in [1.165, 1.54) is 12.3 Å². The van der Waals surface area contributed by atoms with Crippen molar-refractivity contribution < 1.29 is 14.4 Å². The van der Waals surface area contributed by atoms with Crippen molar-refractivity contribution in [2.45, 2.75) is 31.3 Å². The van der Waals surface area contributed by atoms with Crippen LogP contribution in [-0.4, -0.2) is 51.2 Å². The van der Waals surface area contributed by atoms with E-state index in [-0.39, 0.29) is 36.2 Å². The number of thiazole rings is 1. The number of benzene rings is 1. The Kier molecular flexibility index (Phi) is 6.88. The summed E-state index contributed by atoms with van der Waals surface area (Å²) in [5.74, 6) is 0.161. The molecule has 1 atom stereocenters. The molecule has 3 aromatic rings. The van der Waals surface area contributed by atoms with Gasteiger partial charge in [-0.05, 0) is 25.0 Å². The predicted molar refractivity (Wildman–Crippen MR) is 129 cm³/mol. The summed E-state index contributed by atoms with van der Waals surface area (Å²) < 4.78 is 5.38. The van der Waals surface area contributed by atoms with E-state index in [2.05, 4.69) is 15.1 Å². The van der Waals surface area contributed by atoms with Crippen molar-refractivity contribution in [3.05, 3.63) is 68.9 Å². The lowest BCUT2D eigenvalue weighted by molar-refractivity contribution is -0.134. The van der Waals surface area contributed by atoms with Crippen molar-refractivity contribution >= 4 is 34.6 Å². The Labute approximate surface area is 211 Å². The van der Waals surface area contributed by atoms with E-state index in [9.17, 15) is 4.79 Å². The number of amides is 1. The summed E-state index contributed by atoms with van der Waals surface area (Å²) in [5.41, 5.74) is 2.78. The first kappa shape index (κ1) is 23.2. The molecule has 35 heavy (non-hydrogen) atoms. The van der Waals surface area contributed by atoms with Crippen molar-refractivity contribution in [2.24, 2.45) is 5.16 Å². The Hall–Kier alpha value is -3.55. The lowest BCUT2D eigenvalue weighted by atomic mass is 9.97. The number of carbonyl (C=O) groups excluding carboxylic acids is 1. The number of hydrogen-bond acceptors (Lipinski definition) is 9. The molecule has 1 amide bonds. The third-order valence-corrected chi connectivity index (χ3v) is 7.36. The van der Waals surface area contributed by atoms with Gasteiger partial charge in [0.2, 0.25) is 0 Å². The largest absolute Gasteiger partial charge is 0.453 e. The highest BCUT2D eigenvalue weighted by Gasteiger charge is 2.29. The summed E-state index contributed by atoms with van der Waals surface area (Å²) in [5, 5.41) is 16.9. The number of oxime groups is 1. The van der Waals surface area contributed by atoms with Crippen LogP contribution in [0.1, 0.15) is 53.2 Å². The molecule has 2 aliphatic heterocycles. The molecule has 1 fully saturated rings. The molecule has 0 saturated carbocycles. The van der Waals surface area contributed by atoms with Crippen molar-refractivity contribution in [1.82, 2.24) is 19.9 Å². The van der Waals surface area contributed by atoms with E-state index in [0.29, 0.717) is 24.5 Å². The van der Waals surface area contributed by atoms with Crippen LogP contribution in [0, 0.1) is 11.3 Å². The van der Waals surface area contributed by atoms with Crippen molar-refractivity contribution in [3.8, 4) is 12.1 Å². The minimum Gasteiger partial charge on any atom is -0.453 e. The molecule has 0 bridgehead atoms. The highest BCUT2D eigenvalue weighted by Crippen LogP contribution is 2.35. The number of rotatable bonds is 6. The zero-order valence-electron chi connectivity index (χ0n) is 18.6. The zero-order valence-corrected chi connectivity index (χ0v) is 20.2. The van der Waals surface area contributed by atoms with Crippen molar-refractivity contribution in [1.29, 1.82) is 5.26 Å². The summed E-state index contributed by atoms with van der Waals surface area (Å²) in [6, 6.07) is 11.1. The van der Waals surface area contributed by atoms with Gasteiger partial charge in [0.15, 0.2) is 12.7 Å². The predicted octanol–water partition coefficient (Wildman–Crippen LogP) is 4.11. The number of hydrogen-bond donors (Lipinski definition) is 0. The Morgan fingerprint density at radius 1 is 1.26 bits per heavy atom. The third-order valence-electron chi connectivity index (χ3n) is 6.01. The van der Waals surface area contributed by atoms with E-state index in [0.717, 1.165) is 34.8 Å². The normalized spacial score (nSPS) is 18.0. The lowest BCUT2D eigenvalue weighted by Crippen LogP contribution is -2.40. The van der Waals surface area contributed by atoms with E-state index >= 15 is 0 Å².